The van der Waals surface area contributed by atoms with Crippen molar-refractivity contribution in [3.8, 4) is 0 Å². The highest BCUT2D eigenvalue weighted by atomic mass is 16.1. The lowest BCUT2D eigenvalue weighted by Crippen LogP contribution is -2.30. The number of ketones is 1. The summed E-state index contributed by atoms with van der Waals surface area (Å²) in [4.78, 5) is 11.0. The summed E-state index contributed by atoms with van der Waals surface area (Å²) in [6.07, 6.45) is 0.583. The average molecular weight is 164 g/mol. The zero-order valence-corrected chi connectivity index (χ0v) is 7.08. The van der Waals surface area contributed by atoms with Crippen molar-refractivity contribution in [3.05, 3.63) is 35.9 Å². The van der Waals surface area contributed by atoms with Gasteiger partial charge in [-0.3, -0.25) is 4.79 Å². The predicted octanol–water partition coefficient (Wildman–Crippen LogP) is 1.15. The van der Waals surface area contributed by atoms with Crippen LogP contribution in [0.4, 0.5) is 0 Å². The fourth-order valence-electron chi connectivity index (χ4n) is 0.994. The van der Waals surface area contributed by atoms with Crippen molar-refractivity contribution >= 4 is 5.78 Å². The molecule has 0 amide bonds. The number of Topliss-reactive ketones (excluding diaryl/α,β-unsaturated/α-hetero) is 1. The minimum absolute atomic E-state index is 0.00106. The van der Waals surface area contributed by atoms with Gasteiger partial charge in [0.25, 0.3) is 0 Å². The van der Waals surface area contributed by atoms with Gasteiger partial charge in [0.15, 0.2) is 0 Å². The van der Waals surface area contributed by atoms with Crippen LogP contribution in [0.5, 0.6) is 0 Å². The third kappa shape index (κ3) is 2.47. The van der Waals surface area contributed by atoms with Crippen molar-refractivity contribution in [2.24, 2.45) is 5.73 Å². The van der Waals surface area contributed by atoms with Crippen molar-refractivity contribution in [3.63, 3.8) is 0 Å². The molecule has 1 aromatic rings. The van der Waals surface area contributed by atoms with E-state index >= 15 is 0 Å². The fourth-order valence-corrected chi connectivity index (χ4v) is 0.994. The van der Waals surface area contributed by atoms with E-state index < -0.39 is 0 Å². The molecular formula is C10H13NO. The van der Waals surface area contributed by atoms with Gasteiger partial charge in [-0.2, -0.15) is 0 Å². The van der Waals surface area contributed by atoms with E-state index in [1.807, 2.05) is 30.3 Å². The summed E-state index contributed by atoms with van der Waals surface area (Å²) in [5, 5.41) is 0. The number of rotatable bonds is 4. The standard InChI is InChI=1S/C10H13NO/c1-8(12)10(11)7-9-5-3-2-4-6-9/h2-6,10H,7,11H2,1H3/i/hD. The molecule has 64 valence electrons. The number of hydrogen-bond donors (Lipinski definition) is 1. The fraction of sp³-hybridized carbons (Fsp3) is 0.300. The molecule has 1 aromatic carbocycles. The van der Waals surface area contributed by atoms with Crippen LogP contribution in [0, 0.1) is 0 Å². The van der Waals surface area contributed by atoms with Crippen LogP contribution in [0.15, 0.2) is 30.3 Å². The highest BCUT2D eigenvalue weighted by Crippen LogP contribution is 2.01. The molecule has 0 aliphatic heterocycles. The van der Waals surface area contributed by atoms with E-state index in [9.17, 15) is 4.79 Å². The van der Waals surface area contributed by atoms with Crippen LogP contribution in [0.3, 0.4) is 0 Å². The molecule has 0 spiro atoms. The molecule has 0 aliphatic rings. The van der Waals surface area contributed by atoms with Crippen molar-refractivity contribution < 1.29 is 6.21 Å². The monoisotopic (exact) mass is 164 g/mol. The van der Waals surface area contributed by atoms with Gasteiger partial charge < -0.3 is 5.73 Å². The first-order valence-electron chi connectivity index (χ1n) is 4.45. The maximum absolute atomic E-state index is 11.0. The van der Waals surface area contributed by atoms with E-state index in [-0.39, 0.29) is 11.8 Å². The number of carbonyl (C=O) groups is 1. The van der Waals surface area contributed by atoms with Gasteiger partial charge in [0.05, 0.1) is 6.04 Å². The largest absolute Gasteiger partial charge is 0.321 e. The lowest BCUT2D eigenvalue weighted by Gasteiger charge is -2.06. The Hall–Kier alpha value is -1.15. The summed E-state index contributed by atoms with van der Waals surface area (Å²) in [6.45, 7) is 1.50. The molecule has 0 aliphatic carbocycles. The molecule has 1 atom stereocenters. The molecule has 2 heteroatoms. The van der Waals surface area contributed by atoms with Gasteiger partial charge in [0.1, 0.15) is 7.20 Å². The SMILES string of the molecule is [2H]NC(Cc1ccccc1)C(C)=O. The third-order valence-electron chi connectivity index (χ3n) is 1.77. The van der Waals surface area contributed by atoms with Gasteiger partial charge in [0.2, 0.25) is 0 Å². The molecule has 1 rings (SSSR count). The maximum Gasteiger partial charge on any atom is 0.146 e. The number of carbonyl (C=O) groups excluding carboxylic acids is 1. The van der Waals surface area contributed by atoms with Crippen molar-refractivity contribution in [2.45, 2.75) is 19.4 Å². The van der Waals surface area contributed by atoms with E-state index in [0.717, 1.165) is 5.56 Å². The molecule has 0 heterocycles. The molecule has 0 bridgehead atoms. The summed E-state index contributed by atoms with van der Waals surface area (Å²) in [6, 6.07) is 9.30. The first-order valence-corrected chi connectivity index (χ1v) is 3.95. The van der Waals surface area contributed by atoms with E-state index in [2.05, 4.69) is 5.73 Å². The second-order valence-corrected chi connectivity index (χ2v) is 2.85. The molecular weight excluding hydrogens is 150 g/mol. The average Bonchev–Trinajstić information content (AvgIpc) is 2.15. The van der Waals surface area contributed by atoms with Crippen LogP contribution in [0.25, 0.3) is 0 Å². The summed E-state index contributed by atoms with van der Waals surface area (Å²) in [7, 11) is 0. The molecule has 0 saturated heterocycles. The number of benzene rings is 1. The molecule has 1 unspecified atom stereocenters. The first-order chi connectivity index (χ1) is 6.24. The molecule has 0 radical (unpaired) electrons. The Balaban J connectivity index is 2.62. The molecule has 0 aromatic heterocycles. The van der Waals surface area contributed by atoms with E-state index in [1.54, 1.807) is 0 Å². The van der Waals surface area contributed by atoms with Crippen LogP contribution < -0.4 is 5.73 Å². The number of hydrogen-bond acceptors (Lipinski definition) is 2. The topological polar surface area (TPSA) is 43.1 Å². The van der Waals surface area contributed by atoms with Crippen LogP contribution in [-0.4, -0.2) is 11.8 Å². The molecule has 0 saturated carbocycles. The highest BCUT2D eigenvalue weighted by molar-refractivity contribution is 5.81. The number of nitrogens with two attached hydrogens (primary N) is 1. The molecule has 2 N–H and O–H groups in total. The zero-order valence-electron chi connectivity index (χ0n) is 8.08. The van der Waals surface area contributed by atoms with E-state index in [1.165, 1.54) is 6.92 Å². The summed E-state index contributed by atoms with van der Waals surface area (Å²) in [5.41, 5.74) is 3.32. The summed E-state index contributed by atoms with van der Waals surface area (Å²) in [5.74, 6) is -0.00106. The summed E-state index contributed by atoms with van der Waals surface area (Å²) >= 11 is 0. The van der Waals surface area contributed by atoms with Gasteiger partial charge in [-0.15, -0.1) is 0 Å². The van der Waals surface area contributed by atoms with E-state index in [4.69, 9.17) is 1.41 Å². The Labute approximate surface area is 73.9 Å². The van der Waals surface area contributed by atoms with Crippen LogP contribution in [-0.2, 0) is 11.2 Å². The molecule has 12 heavy (non-hydrogen) atoms. The van der Waals surface area contributed by atoms with Crippen LogP contribution in [0.2, 0.25) is 1.41 Å². The third-order valence-corrected chi connectivity index (χ3v) is 1.77. The zero-order chi connectivity index (χ0) is 9.68. The Morgan fingerprint density at radius 3 is 2.75 bits per heavy atom. The lowest BCUT2D eigenvalue weighted by atomic mass is 10.0. The first kappa shape index (κ1) is 7.50. The van der Waals surface area contributed by atoms with Gasteiger partial charge in [0, 0.05) is 0 Å². The second-order valence-electron chi connectivity index (χ2n) is 2.85. The minimum atomic E-state index is -0.387. The quantitative estimate of drug-likeness (QED) is 0.725. The second kappa shape index (κ2) is 4.02. The van der Waals surface area contributed by atoms with Crippen molar-refractivity contribution in [1.82, 2.24) is 0 Å². The van der Waals surface area contributed by atoms with Crippen molar-refractivity contribution in [1.29, 1.82) is 0 Å². The van der Waals surface area contributed by atoms with Gasteiger partial charge in [-0.25, -0.2) is 0 Å². The smallest absolute Gasteiger partial charge is 0.146 e. The van der Waals surface area contributed by atoms with Crippen molar-refractivity contribution in [2.75, 3.05) is 0 Å². The molecule has 2 nitrogen and oxygen atoms in total. The van der Waals surface area contributed by atoms with Gasteiger partial charge in [-0.05, 0) is 18.9 Å². The van der Waals surface area contributed by atoms with Gasteiger partial charge >= 0.3 is 0 Å². The predicted molar refractivity (Wildman–Crippen MR) is 48.8 cm³/mol. The Bertz CT molecular complexity index is 274. The van der Waals surface area contributed by atoms with Crippen LogP contribution in [0.1, 0.15) is 12.5 Å². The van der Waals surface area contributed by atoms with E-state index in [0.29, 0.717) is 6.42 Å². The van der Waals surface area contributed by atoms with Crippen LogP contribution >= 0.6 is 0 Å². The maximum atomic E-state index is 11.0. The highest BCUT2D eigenvalue weighted by Gasteiger charge is 2.07. The Morgan fingerprint density at radius 2 is 2.25 bits per heavy atom. The molecule has 0 fully saturated rings. The normalized spacial score (nSPS) is 13.6. The Morgan fingerprint density at radius 1 is 1.58 bits per heavy atom. The minimum Gasteiger partial charge on any atom is -0.321 e. The Kier molecular flexibility index (Phi) is 2.51. The summed E-state index contributed by atoms with van der Waals surface area (Å²) < 4.78 is 6.97. The van der Waals surface area contributed by atoms with Gasteiger partial charge in [-0.1, -0.05) is 30.3 Å². The lowest BCUT2D eigenvalue weighted by molar-refractivity contribution is -0.118.